The van der Waals surface area contributed by atoms with Gasteiger partial charge in [0.25, 0.3) is 0 Å². The highest BCUT2D eigenvalue weighted by Gasteiger charge is 2.19. The second kappa shape index (κ2) is 6.24. The van der Waals surface area contributed by atoms with Crippen LogP contribution in [0.4, 0.5) is 0 Å². The number of nitrogens with one attached hydrogen (secondary N) is 1. The molecule has 0 saturated carbocycles. The fraction of sp³-hybridized carbons (Fsp3) is 0.625. The molecule has 2 nitrogen and oxygen atoms in total. The van der Waals surface area contributed by atoms with Crippen molar-refractivity contribution in [1.29, 1.82) is 0 Å². The van der Waals surface area contributed by atoms with Crippen molar-refractivity contribution in [1.82, 2.24) is 5.32 Å². The van der Waals surface area contributed by atoms with Gasteiger partial charge in [0.05, 0.1) is 7.11 Å². The Kier molecular flexibility index (Phi) is 5.21. The average molecular weight is 249 g/mol. The number of hydrogen-bond acceptors (Lipinski definition) is 2. The molecule has 1 rings (SSSR count). The van der Waals surface area contributed by atoms with Crippen molar-refractivity contribution in [3.63, 3.8) is 0 Å². The molecular formula is C16H27NO. The van der Waals surface area contributed by atoms with Crippen LogP contribution >= 0.6 is 0 Å². The molecule has 0 aliphatic heterocycles. The summed E-state index contributed by atoms with van der Waals surface area (Å²) >= 11 is 0. The molecule has 1 unspecified atom stereocenters. The lowest BCUT2D eigenvalue weighted by Crippen LogP contribution is -2.32. The normalized spacial score (nSPS) is 13.4. The number of hydrogen-bond donors (Lipinski definition) is 1. The SMILES string of the molecule is CNC(Cc1cc(C)ccc1OC)CC(C)(C)C. The van der Waals surface area contributed by atoms with Crippen LogP contribution in [0.1, 0.15) is 38.3 Å². The second-order valence-electron chi connectivity index (χ2n) is 6.27. The van der Waals surface area contributed by atoms with Crippen LogP contribution in [0.3, 0.4) is 0 Å². The highest BCUT2D eigenvalue weighted by atomic mass is 16.5. The molecule has 0 fully saturated rings. The number of rotatable bonds is 5. The van der Waals surface area contributed by atoms with Gasteiger partial charge in [0.2, 0.25) is 0 Å². The maximum Gasteiger partial charge on any atom is 0.122 e. The Balaban J connectivity index is 2.84. The molecule has 0 aliphatic rings. The van der Waals surface area contributed by atoms with E-state index < -0.39 is 0 Å². The zero-order valence-electron chi connectivity index (χ0n) is 12.6. The molecule has 0 heterocycles. The molecule has 1 N–H and O–H groups in total. The zero-order valence-corrected chi connectivity index (χ0v) is 12.6. The van der Waals surface area contributed by atoms with Crippen LogP contribution in [0.2, 0.25) is 0 Å². The maximum absolute atomic E-state index is 5.45. The number of methoxy groups -OCH3 is 1. The average Bonchev–Trinajstić information content (AvgIpc) is 2.26. The van der Waals surface area contributed by atoms with Gasteiger partial charge in [-0.05, 0) is 43.9 Å². The lowest BCUT2D eigenvalue weighted by atomic mass is 9.85. The van der Waals surface area contributed by atoms with E-state index >= 15 is 0 Å². The van der Waals surface area contributed by atoms with Gasteiger partial charge in [0.15, 0.2) is 0 Å². The van der Waals surface area contributed by atoms with Crippen molar-refractivity contribution in [3.8, 4) is 5.75 Å². The first-order valence-corrected chi connectivity index (χ1v) is 6.66. The van der Waals surface area contributed by atoms with E-state index in [9.17, 15) is 0 Å². The van der Waals surface area contributed by atoms with Crippen LogP contribution in [0.25, 0.3) is 0 Å². The summed E-state index contributed by atoms with van der Waals surface area (Å²) in [6.07, 6.45) is 2.17. The van der Waals surface area contributed by atoms with E-state index in [1.807, 2.05) is 7.05 Å². The molecule has 0 bridgehead atoms. The molecule has 0 aromatic heterocycles. The van der Waals surface area contributed by atoms with Crippen LogP contribution in [0.5, 0.6) is 5.75 Å². The monoisotopic (exact) mass is 249 g/mol. The first-order chi connectivity index (χ1) is 8.35. The molecule has 18 heavy (non-hydrogen) atoms. The summed E-state index contributed by atoms with van der Waals surface area (Å²) in [5.74, 6) is 0.995. The third kappa shape index (κ3) is 4.69. The molecule has 1 aromatic rings. The minimum atomic E-state index is 0.338. The van der Waals surface area contributed by atoms with E-state index in [2.05, 4.69) is 51.2 Å². The highest BCUT2D eigenvalue weighted by molar-refractivity contribution is 5.37. The van der Waals surface area contributed by atoms with Crippen molar-refractivity contribution in [2.75, 3.05) is 14.2 Å². The number of benzene rings is 1. The molecule has 2 heteroatoms. The van der Waals surface area contributed by atoms with E-state index in [-0.39, 0.29) is 0 Å². The van der Waals surface area contributed by atoms with E-state index in [0.29, 0.717) is 11.5 Å². The third-order valence-corrected chi connectivity index (χ3v) is 3.17. The second-order valence-corrected chi connectivity index (χ2v) is 6.27. The third-order valence-electron chi connectivity index (χ3n) is 3.17. The molecular weight excluding hydrogens is 222 g/mol. The zero-order chi connectivity index (χ0) is 13.8. The van der Waals surface area contributed by atoms with Crippen molar-refractivity contribution in [2.45, 2.75) is 46.6 Å². The fourth-order valence-electron chi connectivity index (χ4n) is 2.35. The largest absolute Gasteiger partial charge is 0.496 e. The van der Waals surface area contributed by atoms with E-state index in [0.717, 1.165) is 18.6 Å². The smallest absolute Gasteiger partial charge is 0.122 e. The lowest BCUT2D eigenvalue weighted by molar-refractivity contribution is 0.313. The number of ether oxygens (including phenoxy) is 1. The van der Waals surface area contributed by atoms with Gasteiger partial charge >= 0.3 is 0 Å². The van der Waals surface area contributed by atoms with E-state index in [1.54, 1.807) is 7.11 Å². The molecule has 1 atom stereocenters. The Morgan fingerprint density at radius 1 is 1.28 bits per heavy atom. The van der Waals surface area contributed by atoms with E-state index in [1.165, 1.54) is 11.1 Å². The van der Waals surface area contributed by atoms with Crippen molar-refractivity contribution >= 4 is 0 Å². The predicted octanol–water partition coefficient (Wildman–Crippen LogP) is 3.57. The number of aryl methyl sites for hydroxylation is 1. The maximum atomic E-state index is 5.45. The van der Waals surface area contributed by atoms with Gasteiger partial charge in [-0.2, -0.15) is 0 Å². The summed E-state index contributed by atoms with van der Waals surface area (Å²) in [4.78, 5) is 0. The Bertz CT molecular complexity index is 379. The summed E-state index contributed by atoms with van der Waals surface area (Å²) in [6.45, 7) is 8.97. The first-order valence-electron chi connectivity index (χ1n) is 6.66. The van der Waals surface area contributed by atoms with Crippen LogP contribution in [0.15, 0.2) is 18.2 Å². The van der Waals surface area contributed by atoms with Gasteiger partial charge in [0, 0.05) is 6.04 Å². The molecule has 0 amide bonds. The topological polar surface area (TPSA) is 21.3 Å². The summed E-state index contributed by atoms with van der Waals surface area (Å²) < 4.78 is 5.45. The van der Waals surface area contributed by atoms with Crippen molar-refractivity contribution in [3.05, 3.63) is 29.3 Å². The van der Waals surface area contributed by atoms with Gasteiger partial charge in [-0.15, -0.1) is 0 Å². The van der Waals surface area contributed by atoms with Crippen molar-refractivity contribution < 1.29 is 4.74 Å². The fourth-order valence-corrected chi connectivity index (χ4v) is 2.35. The molecule has 0 saturated heterocycles. The minimum Gasteiger partial charge on any atom is -0.496 e. The summed E-state index contributed by atoms with van der Waals surface area (Å²) in [5.41, 5.74) is 2.92. The molecule has 1 aromatic carbocycles. The number of likely N-dealkylation sites (N-methyl/N-ethyl adjacent to an activating group) is 1. The highest BCUT2D eigenvalue weighted by Crippen LogP contribution is 2.26. The summed E-state index contributed by atoms with van der Waals surface area (Å²) in [5, 5.41) is 3.42. The van der Waals surface area contributed by atoms with Crippen LogP contribution < -0.4 is 10.1 Å². The van der Waals surface area contributed by atoms with E-state index in [4.69, 9.17) is 4.74 Å². The van der Waals surface area contributed by atoms with Crippen LogP contribution in [-0.2, 0) is 6.42 Å². The molecule has 102 valence electrons. The predicted molar refractivity (Wildman–Crippen MR) is 78.4 cm³/mol. The molecule has 0 aliphatic carbocycles. The Morgan fingerprint density at radius 2 is 1.94 bits per heavy atom. The van der Waals surface area contributed by atoms with Crippen LogP contribution in [0, 0.1) is 12.3 Å². The first kappa shape index (κ1) is 15.0. The van der Waals surface area contributed by atoms with Crippen molar-refractivity contribution in [2.24, 2.45) is 5.41 Å². The Hall–Kier alpha value is -1.02. The Morgan fingerprint density at radius 3 is 2.44 bits per heavy atom. The summed E-state index contributed by atoms with van der Waals surface area (Å²) in [6, 6.07) is 6.88. The molecule has 0 radical (unpaired) electrons. The quantitative estimate of drug-likeness (QED) is 0.861. The van der Waals surface area contributed by atoms with Crippen LogP contribution in [-0.4, -0.2) is 20.2 Å². The van der Waals surface area contributed by atoms with Gasteiger partial charge in [0.1, 0.15) is 5.75 Å². The standard InChI is InChI=1S/C16H27NO/c1-12-7-8-15(18-6)13(9-12)10-14(17-5)11-16(2,3)4/h7-9,14,17H,10-11H2,1-6H3. The van der Waals surface area contributed by atoms with Gasteiger partial charge in [-0.1, -0.05) is 38.5 Å². The van der Waals surface area contributed by atoms with Gasteiger partial charge in [-0.3, -0.25) is 0 Å². The minimum absolute atomic E-state index is 0.338. The lowest BCUT2D eigenvalue weighted by Gasteiger charge is -2.26. The van der Waals surface area contributed by atoms with Gasteiger partial charge < -0.3 is 10.1 Å². The summed E-state index contributed by atoms with van der Waals surface area (Å²) in [7, 11) is 3.78. The Labute approximate surface area is 112 Å². The molecule has 0 spiro atoms. The van der Waals surface area contributed by atoms with Gasteiger partial charge in [-0.25, -0.2) is 0 Å².